The molecule has 130 valence electrons. The van der Waals surface area contributed by atoms with Crippen LogP contribution in [0.3, 0.4) is 0 Å². The van der Waals surface area contributed by atoms with Crippen LogP contribution < -0.4 is 5.32 Å². The van der Waals surface area contributed by atoms with Gasteiger partial charge in [0.1, 0.15) is 5.69 Å². The molecular weight excluding hydrogens is 356 g/mol. The molecule has 0 atom stereocenters. The second kappa shape index (κ2) is 5.26. The van der Waals surface area contributed by atoms with E-state index < -0.39 is 35.6 Å². The maximum absolute atomic E-state index is 12.6. The normalized spacial score (nSPS) is 13.4. The number of amides is 1. The molecule has 0 saturated heterocycles. The van der Waals surface area contributed by atoms with Gasteiger partial charge in [0.05, 0.1) is 0 Å². The van der Waals surface area contributed by atoms with Gasteiger partial charge in [-0.05, 0) is 17.7 Å². The highest BCUT2D eigenvalue weighted by Gasteiger charge is 2.40. The molecule has 5 nitrogen and oxygen atoms in total. The lowest BCUT2D eigenvalue weighted by atomic mass is 10.1. The molecular formula is C14H5F6N3O2. The molecule has 11 heteroatoms. The number of aromatic nitrogens is 2. The Bertz CT molecular complexity index is 904. The smallest absolute Gasteiger partial charge is 0.318 e. The number of ketones is 1. The van der Waals surface area contributed by atoms with E-state index in [2.05, 4.69) is 9.97 Å². The third-order valence-corrected chi connectivity index (χ3v) is 3.33. The monoisotopic (exact) mass is 361 g/mol. The van der Waals surface area contributed by atoms with Gasteiger partial charge in [0.25, 0.3) is 0 Å². The minimum atomic E-state index is -5.13. The fourth-order valence-electron chi connectivity index (χ4n) is 2.26. The second-order valence-corrected chi connectivity index (χ2v) is 5.00. The predicted molar refractivity (Wildman–Crippen MR) is 70.6 cm³/mol. The minimum Gasteiger partial charge on any atom is -0.318 e. The molecule has 2 aromatic rings. The van der Waals surface area contributed by atoms with Crippen LogP contribution in [0, 0.1) is 0 Å². The number of anilines is 1. The first-order chi connectivity index (χ1) is 11.5. The largest absolute Gasteiger partial charge is 0.471 e. The van der Waals surface area contributed by atoms with Crippen LogP contribution in [-0.2, 0) is 11.0 Å². The van der Waals surface area contributed by atoms with Gasteiger partial charge in [0, 0.05) is 23.0 Å². The lowest BCUT2D eigenvalue weighted by molar-refractivity contribution is -0.167. The third kappa shape index (κ3) is 2.92. The Morgan fingerprint density at radius 1 is 1.00 bits per heavy atom. The van der Waals surface area contributed by atoms with E-state index in [0.717, 1.165) is 18.3 Å². The van der Waals surface area contributed by atoms with Gasteiger partial charge in [0.15, 0.2) is 0 Å². The molecule has 0 saturated carbocycles. The van der Waals surface area contributed by atoms with Crippen molar-refractivity contribution < 1.29 is 35.9 Å². The van der Waals surface area contributed by atoms with Crippen LogP contribution in [0.2, 0.25) is 0 Å². The van der Waals surface area contributed by atoms with Gasteiger partial charge in [-0.15, -0.1) is 0 Å². The van der Waals surface area contributed by atoms with Crippen molar-refractivity contribution in [2.24, 2.45) is 0 Å². The number of benzene rings is 1. The van der Waals surface area contributed by atoms with Gasteiger partial charge < -0.3 is 5.32 Å². The topological polar surface area (TPSA) is 72.0 Å². The molecule has 0 bridgehead atoms. The van der Waals surface area contributed by atoms with E-state index in [1.165, 1.54) is 6.07 Å². The van der Waals surface area contributed by atoms with Crippen LogP contribution in [0.25, 0.3) is 11.1 Å². The standard InChI is InChI=1S/C14H5F6N3O2/c15-13(16,17)11-21-4-8-6-2-1-5(22-12(25)14(18,19)20)3-7(6)10(24)9(8)23-11/h1-4H,(H,22,25). The number of alkyl halides is 6. The summed E-state index contributed by atoms with van der Waals surface area (Å²) in [5.74, 6) is -4.64. The Kier molecular flexibility index (Phi) is 3.55. The van der Waals surface area contributed by atoms with Crippen molar-refractivity contribution in [1.82, 2.24) is 9.97 Å². The highest BCUT2D eigenvalue weighted by Crippen LogP contribution is 2.38. The summed E-state index contributed by atoms with van der Waals surface area (Å²) in [6.07, 6.45) is -9.15. The summed E-state index contributed by atoms with van der Waals surface area (Å²) in [5.41, 5.74) is -0.813. The van der Waals surface area contributed by atoms with E-state index in [1.54, 1.807) is 5.32 Å². The van der Waals surface area contributed by atoms with E-state index >= 15 is 0 Å². The molecule has 0 aliphatic heterocycles. The summed E-state index contributed by atoms with van der Waals surface area (Å²) in [6, 6.07) is 3.22. The molecule has 0 unspecified atom stereocenters. The number of carbonyl (C=O) groups is 2. The number of fused-ring (bicyclic) bond motifs is 3. The average molecular weight is 361 g/mol. The molecule has 1 aromatic heterocycles. The lowest BCUT2D eigenvalue weighted by Gasteiger charge is -2.09. The molecule has 1 heterocycles. The molecule has 1 aliphatic rings. The van der Waals surface area contributed by atoms with Crippen molar-refractivity contribution >= 4 is 17.4 Å². The van der Waals surface area contributed by atoms with Gasteiger partial charge in [-0.25, -0.2) is 9.97 Å². The zero-order chi connectivity index (χ0) is 18.6. The minimum absolute atomic E-state index is 0.0293. The molecule has 0 fully saturated rings. The van der Waals surface area contributed by atoms with E-state index in [1.807, 2.05) is 0 Å². The van der Waals surface area contributed by atoms with Crippen LogP contribution in [0.15, 0.2) is 24.4 Å². The van der Waals surface area contributed by atoms with E-state index in [4.69, 9.17) is 0 Å². The molecule has 1 aromatic carbocycles. The maximum atomic E-state index is 12.6. The van der Waals surface area contributed by atoms with Crippen molar-refractivity contribution in [1.29, 1.82) is 0 Å². The predicted octanol–water partition coefficient (Wildman–Crippen LogP) is 3.21. The average Bonchev–Trinajstić information content (AvgIpc) is 2.78. The van der Waals surface area contributed by atoms with Gasteiger partial charge in [-0.3, -0.25) is 9.59 Å². The molecule has 1 N–H and O–H groups in total. The highest BCUT2D eigenvalue weighted by atomic mass is 19.4. The first kappa shape index (κ1) is 16.9. The van der Waals surface area contributed by atoms with E-state index in [-0.39, 0.29) is 22.4 Å². The number of nitrogens with zero attached hydrogens (tertiary/aromatic N) is 2. The van der Waals surface area contributed by atoms with Gasteiger partial charge in [-0.1, -0.05) is 6.07 Å². The van der Waals surface area contributed by atoms with Crippen molar-refractivity contribution in [3.05, 3.63) is 41.5 Å². The summed E-state index contributed by atoms with van der Waals surface area (Å²) in [5, 5.41) is 1.56. The second-order valence-electron chi connectivity index (χ2n) is 5.00. The number of rotatable bonds is 1. The summed E-state index contributed by atoms with van der Waals surface area (Å²) >= 11 is 0. The number of hydrogen-bond acceptors (Lipinski definition) is 4. The van der Waals surface area contributed by atoms with Crippen LogP contribution in [0.5, 0.6) is 0 Å². The SMILES string of the molecule is O=C1c2cc(NC(=O)C(F)(F)F)ccc2-c2cnc(C(F)(F)F)nc21. The van der Waals surface area contributed by atoms with Crippen molar-refractivity contribution in [2.45, 2.75) is 12.4 Å². The number of nitrogens with one attached hydrogen (secondary N) is 1. The molecule has 0 spiro atoms. The van der Waals surface area contributed by atoms with Crippen LogP contribution in [0.1, 0.15) is 21.9 Å². The van der Waals surface area contributed by atoms with Crippen LogP contribution in [-0.4, -0.2) is 27.8 Å². The van der Waals surface area contributed by atoms with Crippen molar-refractivity contribution in [3.8, 4) is 11.1 Å². The fraction of sp³-hybridized carbons (Fsp3) is 0.143. The Balaban J connectivity index is 1.99. The van der Waals surface area contributed by atoms with Crippen LogP contribution >= 0.6 is 0 Å². The van der Waals surface area contributed by atoms with E-state index in [0.29, 0.717) is 0 Å². The zero-order valence-corrected chi connectivity index (χ0v) is 11.8. The summed E-state index contributed by atoms with van der Waals surface area (Å²) < 4.78 is 74.7. The summed E-state index contributed by atoms with van der Waals surface area (Å²) in [6.45, 7) is 0. The van der Waals surface area contributed by atoms with Gasteiger partial charge in [-0.2, -0.15) is 26.3 Å². The Labute approximate surface area is 134 Å². The number of hydrogen-bond donors (Lipinski definition) is 1. The fourth-order valence-corrected chi connectivity index (χ4v) is 2.26. The summed E-state index contributed by atoms with van der Waals surface area (Å²) in [7, 11) is 0. The third-order valence-electron chi connectivity index (χ3n) is 3.33. The molecule has 1 amide bonds. The Morgan fingerprint density at radius 2 is 1.68 bits per heavy atom. The quantitative estimate of drug-likeness (QED) is 0.676. The first-order valence-corrected chi connectivity index (χ1v) is 6.50. The Morgan fingerprint density at radius 3 is 2.28 bits per heavy atom. The molecule has 25 heavy (non-hydrogen) atoms. The molecule has 1 aliphatic carbocycles. The van der Waals surface area contributed by atoms with Crippen molar-refractivity contribution in [2.75, 3.05) is 5.32 Å². The zero-order valence-electron chi connectivity index (χ0n) is 11.8. The first-order valence-electron chi connectivity index (χ1n) is 6.50. The Hall–Kier alpha value is -2.98. The maximum Gasteiger partial charge on any atom is 0.471 e. The number of carbonyl (C=O) groups excluding carboxylic acids is 2. The van der Waals surface area contributed by atoms with Crippen molar-refractivity contribution in [3.63, 3.8) is 0 Å². The van der Waals surface area contributed by atoms with Gasteiger partial charge >= 0.3 is 18.3 Å². The molecule has 3 rings (SSSR count). The highest BCUT2D eigenvalue weighted by molar-refractivity contribution is 6.21. The number of halogens is 6. The van der Waals surface area contributed by atoms with Crippen LogP contribution in [0.4, 0.5) is 32.0 Å². The van der Waals surface area contributed by atoms with E-state index in [9.17, 15) is 35.9 Å². The summed E-state index contributed by atoms with van der Waals surface area (Å²) in [4.78, 5) is 29.5. The van der Waals surface area contributed by atoms with Gasteiger partial charge in [0.2, 0.25) is 11.6 Å². The lowest BCUT2D eigenvalue weighted by Crippen LogP contribution is -2.29. The molecule has 0 radical (unpaired) electrons.